The molecule has 0 aliphatic heterocycles. The third-order valence-corrected chi connectivity index (χ3v) is 4.74. The molecule has 0 heterocycles. The number of ether oxygens (including phenoxy) is 1. The van der Waals surface area contributed by atoms with Crippen molar-refractivity contribution in [1.29, 1.82) is 0 Å². The van der Waals surface area contributed by atoms with Gasteiger partial charge in [0.15, 0.2) is 0 Å². The van der Waals surface area contributed by atoms with Gasteiger partial charge in [-0.05, 0) is 45.0 Å². The lowest BCUT2D eigenvalue weighted by Crippen LogP contribution is -2.13. The second-order valence-electron chi connectivity index (χ2n) is 4.95. The summed E-state index contributed by atoms with van der Waals surface area (Å²) < 4.78 is 17.8. The summed E-state index contributed by atoms with van der Waals surface area (Å²) in [5, 5.41) is 3.23. The minimum Gasteiger partial charge on any atom is -0.494 e. The highest BCUT2D eigenvalue weighted by Crippen LogP contribution is 2.25. The first-order valence-electron chi connectivity index (χ1n) is 7.40. The highest BCUT2D eigenvalue weighted by molar-refractivity contribution is 7.84. The van der Waals surface area contributed by atoms with Gasteiger partial charge in [0.25, 0.3) is 0 Å². The summed E-state index contributed by atoms with van der Waals surface area (Å²) in [5.41, 5.74) is 2.26. The molecule has 4 heteroatoms. The van der Waals surface area contributed by atoms with Crippen molar-refractivity contribution in [1.82, 2.24) is 5.32 Å². The number of nitrogens with one attached hydrogen (secondary N) is 1. The Morgan fingerprint density at radius 1 is 1.35 bits per heavy atom. The maximum Gasteiger partial charge on any atom is 0.123 e. The van der Waals surface area contributed by atoms with Crippen LogP contribution in [0.25, 0.3) is 0 Å². The quantitative estimate of drug-likeness (QED) is 0.759. The van der Waals surface area contributed by atoms with Crippen LogP contribution in [0.3, 0.4) is 0 Å². The number of unbranched alkanes of at least 4 members (excludes halogenated alkanes) is 1. The fourth-order valence-corrected chi connectivity index (χ4v) is 3.32. The first kappa shape index (κ1) is 17.2. The van der Waals surface area contributed by atoms with Gasteiger partial charge in [0.2, 0.25) is 0 Å². The smallest absolute Gasteiger partial charge is 0.123 e. The van der Waals surface area contributed by atoms with E-state index in [1.54, 1.807) is 0 Å². The van der Waals surface area contributed by atoms with Crippen molar-refractivity contribution < 1.29 is 8.95 Å². The molecule has 0 saturated carbocycles. The van der Waals surface area contributed by atoms with Crippen molar-refractivity contribution in [2.75, 3.05) is 19.4 Å². The van der Waals surface area contributed by atoms with Crippen LogP contribution in [-0.4, -0.2) is 23.6 Å². The molecule has 0 spiro atoms. The van der Waals surface area contributed by atoms with E-state index < -0.39 is 10.8 Å². The zero-order valence-electron chi connectivity index (χ0n) is 13.1. The summed E-state index contributed by atoms with van der Waals surface area (Å²) in [6.07, 6.45) is 2.10. The van der Waals surface area contributed by atoms with Gasteiger partial charge in [-0.15, -0.1) is 0 Å². The van der Waals surface area contributed by atoms with E-state index in [0.29, 0.717) is 12.4 Å². The van der Waals surface area contributed by atoms with Gasteiger partial charge in [-0.2, -0.15) is 0 Å². The number of rotatable bonds is 9. The molecule has 1 N–H and O–H groups in total. The molecule has 2 atom stereocenters. The average Bonchev–Trinajstić information content (AvgIpc) is 2.46. The molecule has 2 unspecified atom stereocenters. The van der Waals surface area contributed by atoms with Gasteiger partial charge < -0.3 is 10.1 Å². The lowest BCUT2D eigenvalue weighted by molar-refractivity contribution is 0.337. The van der Waals surface area contributed by atoms with Gasteiger partial charge in [-0.3, -0.25) is 4.21 Å². The van der Waals surface area contributed by atoms with Crippen molar-refractivity contribution in [3.05, 3.63) is 29.3 Å². The van der Waals surface area contributed by atoms with E-state index in [0.717, 1.165) is 29.9 Å². The Morgan fingerprint density at radius 3 is 2.70 bits per heavy atom. The Balaban J connectivity index is 2.90. The molecule has 114 valence electrons. The normalized spacial score (nSPS) is 14.0. The molecule has 0 fully saturated rings. The van der Waals surface area contributed by atoms with Crippen LogP contribution in [0.1, 0.15) is 50.8 Å². The summed E-state index contributed by atoms with van der Waals surface area (Å²) in [4.78, 5) is 0. The summed E-state index contributed by atoms with van der Waals surface area (Å²) in [6, 6.07) is 6.48. The summed E-state index contributed by atoms with van der Waals surface area (Å²) >= 11 is 0. The maximum absolute atomic E-state index is 12.1. The number of hydrogen-bond donors (Lipinski definition) is 1. The van der Waals surface area contributed by atoms with Gasteiger partial charge >= 0.3 is 0 Å². The van der Waals surface area contributed by atoms with E-state index >= 15 is 0 Å². The predicted octanol–water partition coefficient (Wildman–Crippen LogP) is 3.41. The third-order valence-electron chi connectivity index (χ3n) is 3.36. The zero-order valence-corrected chi connectivity index (χ0v) is 13.9. The molecule has 0 aromatic heterocycles. The Labute approximate surface area is 125 Å². The Hall–Kier alpha value is -0.870. The van der Waals surface area contributed by atoms with E-state index in [1.807, 2.05) is 20.0 Å². The van der Waals surface area contributed by atoms with Crippen LogP contribution >= 0.6 is 0 Å². The lowest BCUT2D eigenvalue weighted by Gasteiger charge is -2.15. The highest BCUT2D eigenvalue weighted by Gasteiger charge is 2.11. The minimum absolute atomic E-state index is 0.286. The zero-order chi connectivity index (χ0) is 15.0. The number of benzene rings is 1. The molecule has 0 aliphatic rings. The topological polar surface area (TPSA) is 38.3 Å². The van der Waals surface area contributed by atoms with Crippen LogP contribution < -0.4 is 10.1 Å². The summed E-state index contributed by atoms with van der Waals surface area (Å²) in [7, 11) is 1.14. The standard InChI is InChI=1S/C16H27NO2S/c1-5-7-10-20(18)12-15-11-14(13(3)17-4)8-9-16(15)19-6-2/h8-9,11,13,17H,5-7,10,12H2,1-4H3. The van der Waals surface area contributed by atoms with Crippen LogP contribution in [0.5, 0.6) is 5.75 Å². The van der Waals surface area contributed by atoms with E-state index in [9.17, 15) is 4.21 Å². The maximum atomic E-state index is 12.1. The van der Waals surface area contributed by atoms with Crippen molar-refractivity contribution in [2.45, 2.75) is 45.4 Å². The van der Waals surface area contributed by atoms with E-state index in [1.165, 1.54) is 5.56 Å². The SMILES string of the molecule is CCCCS(=O)Cc1cc(C(C)NC)ccc1OCC. The molecule has 20 heavy (non-hydrogen) atoms. The number of hydrogen-bond acceptors (Lipinski definition) is 3. The molecule has 0 saturated heterocycles. The monoisotopic (exact) mass is 297 g/mol. The van der Waals surface area contributed by atoms with Crippen LogP contribution in [0.2, 0.25) is 0 Å². The highest BCUT2D eigenvalue weighted by atomic mass is 32.2. The molecule has 1 aromatic carbocycles. The molecule has 0 radical (unpaired) electrons. The van der Waals surface area contributed by atoms with Gasteiger partial charge in [-0.25, -0.2) is 0 Å². The fourth-order valence-electron chi connectivity index (χ4n) is 2.00. The van der Waals surface area contributed by atoms with Gasteiger partial charge in [-0.1, -0.05) is 19.4 Å². The van der Waals surface area contributed by atoms with Crippen LogP contribution in [0.4, 0.5) is 0 Å². The Morgan fingerprint density at radius 2 is 2.10 bits per heavy atom. The minimum atomic E-state index is -0.809. The van der Waals surface area contributed by atoms with Crippen LogP contribution in [0.15, 0.2) is 18.2 Å². The van der Waals surface area contributed by atoms with Crippen molar-refractivity contribution in [3.8, 4) is 5.75 Å². The van der Waals surface area contributed by atoms with E-state index in [2.05, 4.69) is 31.3 Å². The molecule has 0 amide bonds. The van der Waals surface area contributed by atoms with Gasteiger partial charge in [0.05, 0.1) is 12.4 Å². The third kappa shape index (κ3) is 5.25. The van der Waals surface area contributed by atoms with E-state index in [4.69, 9.17) is 4.74 Å². The molecule has 3 nitrogen and oxygen atoms in total. The second kappa shape index (κ2) is 9.14. The van der Waals surface area contributed by atoms with Gasteiger partial charge in [0, 0.05) is 28.2 Å². The Bertz CT molecular complexity index is 434. The predicted molar refractivity (Wildman–Crippen MR) is 86.7 cm³/mol. The summed E-state index contributed by atoms with van der Waals surface area (Å²) in [5.74, 6) is 2.22. The average molecular weight is 297 g/mol. The van der Waals surface area contributed by atoms with Crippen molar-refractivity contribution >= 4 is 10.8 Å². The van der Waals surface area contributed by atoms with Crippen LogP contribution in [0, 0.1) is 0 Å². The van der Waals surface area contributed by atoms with Crippen LogP contribution in [-0.2, 0) is 16.6 Å². The van der Waals surface area contributed by atoms with Crippen molar-refractivity contribution in [3.63, 3.8) is 0 Å². The molecular formula is C16H27NO2S. The first-order chi connectivity index (χ1) is 9.62. The van der Waals surface area contributed by atoms with E-state index in [-0.39, 0.29) is 6.04 Å². The van der Waals surface area contributed by atoms with Crippen molar-refractivity contribution in [2.24, 2.45) is 0 Å². The largest absolute Gasteiger partial charge is 0.494 e. The molecule has 0 aliphatic carbocycles. The summed E-state index contributed by atoms with van der Waals surface area (Å²) in [6.45, 7) is 6.85. The lowest BCUT2D eigenvalue weighted by atomic mass is 10.1. The molecule has 1 aromatic rings. The molecule has 0 bridgehead atoms. The fraction of sp³-hybridized carbons (Fsp3) is 0.625. The first-order valence-corrected chi connectivity index (χ1v) is 8.89. The van der Waals surface area contributed by atoms with Gasteiger partial charge in [0.1, 0.15) is 5.75 Å². The molecular weight excluding hydrogens is 270 g/mol. The second-order valence-corrected chi connectivity index (χ2v) is 6.53. The molecule has 1 rings (SSSR count). The Kier molecular flexibility index (Phi) is 7.85.